The van der Waals surface area contributed by atoms with Gasteiger partial charge in [-0.2, -0.15) is 0 Å². The molecular formula is C18H21ClN2O. The first-order chi connectivity index (χ1) is 10.1. The van der Waals surface area contributed by atoms with Crippen LogP contribution in [0.2, 0.25) is 0 Å². The number of rotatable bonds is 3. The van der Waals surface area contributed by atoms with Crippen LogP contribution in [-0.4, -0.2) is 5.91 Å². The van der Waals surface area contributed by atoms with Crippen molar-refractivity contribution in [1.29, 1.82) is 0 Å². The van der Waals surface area contributed by atoms with Crippen molar-refractivity contribution in [3.63, 3.8) is 0 Å². The number of benzene rings is 2. The summed E-state index contributed by atoms with van der Waals surface area (Å²) in [6, 6.07) is 13.7. The van der Waals surface area contributed by atoms with E-state index in [0.717, 1.165) is 29.7 Å². The molecule has 0 fully saturated rings. The standard InChI is InChI=1S/C18H20N2O.ClH/c1-12(19)13-7-9-17(10-8-13)20-18(21)16-6-5-14-3-2-4-15(14)11-16;/h5-12H,2-4,19H2,1H3,(H,20,21);1H. The van der Waals surface area contributed by atoms with E-state index in [1.165, 1.54) is 17.5 Å². The van der Waals surface area contributed by atoms with Gasteiger partial charge in [0, 0.05) is 17.3 Å². The van der Waals surface area contributed by atoms with Crippen LogP contribution in [-0.2, 0) is 12.8 Å². The van der Waals surface area contributed by atoms with Crippen molar-refractivity contribution in [2.24, 2.45) is 5.73 Å². The van der Waals surface area contributed by atoms with Crippen LogP contribution in [0.15, 0.2) is 42.5 Å². The molecule has 116 valence electrons. The van der Waals surface area contributed by atoms with Crippen LogP contribution < -0.4 is 11.1 Å². The molecule has 3 N–H and O–H groups in total. The second-order valence-electron chi connectivity index (χ2n) is 5.70. The summed E-state index contributed by atoms with van der Waals surface area (Å²) < 4.78 is 0. The molecular weight excluding hydrogens is 296 g/mol. The quantitative estimate of drug-likeness (QED) is 0.903. The highest BCUT2D eigenvalue weighted by molar-refractivity contribution is 6.04. The number of carbonyl (C=O) groups excluding carboxylic acids is 1. The Morgan fingerprint density at radius 1 is 1.09 bits per heavy atom. The molecule has 22 heavy (non-hydrogen) atoms. The lowest BCUT2D eigenvalue weighted by atomic mass is 10.1. The molecule has 1 atom stereocenters. The minimum atomic E-state index is -0.0572. The van der Waals surface area contributed by atoms with Crippen molar-refractivity contribution >= 4 is 24.0 Å². The van der Waals surface area contributed by atoms with E-state index < -0.39 is 0 Å². The summed E-state index contributed by atoms with van der Waals surface area (Å²) in [6.07, 6.45) is 3.41. The highest BCUT2D eigenvalue weighted by Gasteiger charge is 2.14. The zero-order valence-corrected chi connectivity index (χ0v) is 13.5. The molecule has 1 aliphatic carbocycles. The Morgan fingerprint density at radius 2 is 1.77 bits per heavy atom. The Balaban J connectivity index is 0.00000176. The third kappa shape index (κ3) is 3.49. The van der Waals surface area contributed by atoms with Crippen molar-refractivity contribution < 1.29 is 4.79 Å². The van der Waals surface area contributed by atoms with Crippen LogP contribution in [0.3, 0.4) is 0 Å². The molecule has 0 aliphatic heterocycles. The number of nitrogens with one attached hydrogen (secondary N) is 1. The van der Waals surface area contributed by atoms with E-state index in [-0.39, 0.29) is 24.4 Å². The first kappa shape index (κ1) is 16.5. The summed E-state index contributed by atoms with van der Waals surface area (Å²) in [5.41, 5.74) is 11.1. The molecule has 0 aromatic heterocycles. The average molecular weight is 317 g/mol. The van der Waals surface area contributed by atoms with E-state index in [1.54, 1.807) is 0 Å². The van der Waals surface area contributed by atoms with Crippen molar-refractivity contribution in [3.8, 4) is 0 Å². The van der Waals surface area contributed by atoms with Gasteiger partial charge >= 0.3 is 0 Å². The zero-order valence-electron chi connectivity index (χ0n) is 12.6. The van der Waals surface area contributed by atoms with Gasteiger partial charge in [0.05, 0.1) is 0 Å². The number of aryl methyl sites for hydroxylation is 2. The van der Waals surface area contributed by atoms with E-state index in [1.807, 2.05) is 43.3 Å². The smallest absolute Gasteiger partial charge is 0.255 e. The summed E-state index contributed by atoms with van der Waals surface area (Å²) in [7, 11) is 0. The van der Waals surface area contributed by atoms with E-state index in [2.05, 4.69) is 11.4 Å². The molecule has 0 saturated heterocycles. The monoisotopic (exact) mass is 316 g/mol. The summed E-state index contributed by atoms with van der Waals surface area (Å²) in [5.74, 6) is -0.0572. The highest BCUT2D eigenvalue weighted by Crippen LogP contribution is 2.23. The average Bonchev–Trinajstić information content (AvgIpc) is 2.95. The lowest BCUT2D eigenvalue weighted by molar-refractivity contribution is 0.102. The number of hydrogen-bond acceptors (Lipinski definition) is 2. The van der Waals surface area contributed by atoms with E-state index in [0.29, 0.717) is 0 Å². The van der Waals surface area contributed by atoms with Gasteiger partial charge in [-0.15, -0.1) is 12.4 Å². The Kier molecular flexibility index (Phi) is 5.22. The van der Waals surface area contributed by atoms with Crippen LogP contribution in [0.25, 0.3) is 0 Å². The predicted molar refractivity (Wildman–Crippen MR) is 92.7 cm³/mol. The van der Waals surface area contributed by atoms with Gasteiger partial charge in [-0.1, -0.05) is 18.2 Å². The molecule has 3 nitrogen and oxygen atoms in total. The van der Waals surface area contributed by atoms with Crippen molar-refractivity contribution in [2.75, 3.05) is 5.32 Å². The van der Waals surface area contributed by atoms with Crippen LogP contribution in [0.4, 0.5) is 5.69 Å². The molecule has 0 bridgehead atoms. The molecule has 4 heteroatoms. The molecule has 3 rings (SSSR count). The molecule has 1 aliphatic rings. The van der Waals surface area contributed by atoms with E-state index >= 15 is 0 Å². The number of anilines is 1. The number of amides is 1. The van der Waals surface area contributed by atoms with E-state index in [9.17, 15) is 4.79 Å². The molecule has 2 aromatic carbocycles. The third-order valence-corrected chi connectivity index (χ3v) is 4.06. The van der Waals surface area contributed by atoms with Crippen molar-refractivity contribution in [3.05, 3.63) is 64.7 Å². The fraction of sp³-hybridized carbons (Fsp3) is 0.278. The van der Waals surface area contributed by atoms with Gasteiger partial charge in [0.15, 0.2) is 0 Å². The Labute approximate surface area is 137 Å². The molecule has 0 spiro atoms. The van der Waals surface area contributed by atoms with Gasteiger partial charge in [0.25, 0.3) is 5.91 Å². The lowest BCUT2D eigenvalue weighted by Gasteiger charge is -2.09. The summed E-state index contributed by atoms with van der Waals surface area (Å²) >= 11 is 0. The first-order valence-electron chi connectivity index (χ1n) is 7.42. The van der Waals surface area contributed by atoms with Crippen molar-refractivity contribution in [2.45, 2.75) is 32.2 Å². The SMILES string of the molecule is CC(N)c1ccc(NC(=O)c2ccc3c(c2)CCC3)cc1.Cl. The normalized spacial score (nSPS) is 13.9. The summed E-state index contributed by atoms with van der Waals surface area (Å²) in [6.45, 7) is 1.94. The fourth-order valence-corrected chi connectivity index (χ4v) is 2.79. The predicted octanol–water partition coefficient (Wildman–Crippen LogP) is 3.87. The maximum absolute atomic E-state index is 12.3. The Bertz CT molecular complexity index is 665. The Morgan fingerprint density at radius 3 is 2.45 bits per heavy atom. The van der Waals surface area contributed by atoms with E-state index in [4.69, 9.17) is 5.73 Å². The van der Waals surface area contributed by atoms with Gasteiger partial charge in [-0.3, -0.25) is 4.79 Å². The fourth-order valence-electron chi connectivity index (χ4n) is 2.79. The largest absolute Gasteiger partial charge is 0.324 e. The number of halogens is 1. The van der Waals surface area contributed by atoms with Gasteiger partial charge < -0.3 is 11.1 Å². The van der Waals surface area contributed by atoms with Crippen molar-refractivity contribution in [1.82, 2.24) is 0 Å². The minimum absolute atomic E-state index is 0. The second-order valence-corrected chi connectivity index (χ2v) is 5.70. The molecule has 0 saturated carbocycles. The van der Waals surface area contributed by atoms with Gasteiger partial charge in [-0.05, 0) is 67.1 Å². The number of fused-ring (bicyclic) bond motifs is 1. The summed E-state index contributed by atoms with van der Waals surface area (Å²) in [5, 5.41) is 2.94. The van der Waals surface area contributed by atoms with Crippen LogP contribution >= 0.6 is 12.4 Å². The topological polar surface area (TPSA) is 55.1 Å². The van der Waals surface area contributed by atoms with Gasteiger partial charge in [-0.25, -0.2) is 0 Å². The molecule has 1 amide bonds. The van der Waals surface area contributed by atoms with Gasteiger partial charge in [0.2, 0.25) is 0 Å². The second kappa shape index (κ2) is 6.95. The highest BCUT2D eigenvalue weighted by atomic mass is 35.5. The van der Waals surface area contributed by atoms with Crippen LogP contribution in [0.1, 0.15) is 46.4 Å². The summed E-state index contributed by atoms with van der Waals surface area (Å²) in [4.78, 5) is 12.3. The lowest BCUT2D eigenvalue weighted by Crippen LogP contribution is -2.12. The zero-order chi connectivity index (χ0) is 14.8. The third-order valence-electron chi connectivity index (χ3n) is 4.06. The number of nitrogens with two attached hydrogens (primary N) is 1. The minimum Gasteiger partial charge on any atom is -0.324 e. The maximum atomic E-state index is 12.3. The molecule has 1 unspecified atom stereocenters. The maximum Gasteiger partial charge on any atom is 0.255 e. The van der Waals surface area contributed by atoms with Crippen LogP contribution in [0, 0.1) is 0 Å². The first-order valence-corrected chi connectivity index (χ1v) is 7.42. The van der Waals surface area contributed by atoms with Crippen LogP contribution in [0.5, 0.6) is 0 Å². The molecule has 0 heterocycles. The number of hydrogen-bond donors (Lipinski definition) is 2. The number of carbonyl (C=O) groups is 1. The molecule has 2 aromatic rings. The Hall–Kier alpha value is -1.84. The molecule has 0 radical (unpaired) electrons. The van der Waals surface area contributed by atoms with Gasteiger partial charge in [0.1, 0.15) is 0 Å².